The van der Waals surface area contributed by atoms with E-state index in [2.05, 4.69) is 60.7 Å². The van der Waals surface area contributed by atoms with Gasteiger partial charge in [-0.1, -0.05) is 65.8 Å². The smallest absolute Gasteiger partial charge is 0.341 e. The van der Waals surface area contributed by atoms with Crippen molar-refractivity contribution in [2.75, 3.05) is 21.3 Å². The van der Waals surface area contributed by atoms with Crippen molar-refractivity contribution >= 4 is 14.3 Å². The molecule has 60 heavy (non-hydrogen) atoms. The molecule has 0 spiro atoms. The molecule has 0 radical (unpaired) electrons. The topological polar surface area (TPSA) is 124 Å². The van der Waals surface area contributed by atoms with Gasteiger partial charge >= 0.3 is 5.97 Å². The predicted molar refractivity (Wildman–Crippen MR) is 233 cm³/mol. The fourth-order valence-corrected chi connectivity index (χ4v) is 9.28. The van der Waals surface area contributed by atoms with Crippen LogP contribution in [-0.2, 0) is 43.0 Å². The van der Waals surface area contributed by atoms with Crippen LogP contribution in [-0.4, -0.2) is 71.9 Å². The van der Waals surface area contributed by atoms with Gasteiger partial charge in [-0.25, -0.2) is 4.79 Å². The first-order valence-electron chi connectivity index (χ1n) is 21.0. The van der Waals surface area contributed by atoms with Gasteiger partial charge in [-0.3, -0.25) is 0 Å². The third kappa shape index (κ3) is 10.8. The van der Waals surface area contributed by atoms with Crippen LogP contribution >= 0.6 is 0 Å². The zero-order valence-electron chi connectivity index (χ0n) is 38.2. The van der Waals surface area contributed by atoms with Gasteiger partial charge in [-0.2, -0.15) is 5.26 Å². The summed E-state index contributed by atoms with van der Waals surface area (Å²) in [7, 11) is 2.46. The second-order valence-corrected chi connectivity index (χ2v) is 23.6. The van der Waals surface area contributed by atoms with E-state index < -0.39 is 37.7 Å². The van der Waals surface area contributed by atoms with E-state index in [0.29, 0.717) is 41.9 Å². The summed E-state index contributed by atoms with van der Waals surface area (Å²) in [6.45, 7) is 23.9. The third-order valence-electron chi connectivity index (χ3n) is 12.8. The molecule has 0 unspecified atom stereocenters. The summed E-state index contributed by atoms with van der Waals surface area (Å²) < 4.78 is 56.2. The maximum absolute atomic E-state index is 13.9. The SMILES string of the molecule is COC(=O)c1c(OCc2ccc(OC)cc2)cc(OCc2ccc(OC)cc2)c(C)c1C[C@H]1OC(C)(C)O[C@@H](C[C@H]2O[C@H](C#N)C[C@@H](O[Si](C)(C)C(C)(C)C)C2(C)C)[C@H]1C. The van der Waals surface area contributed by atoms with Crippen LogP contribution in [0.1, 0.15) is 101 Å². The van der Waals surface area contributed by atoms with Crippen molar-refractivity contribution in [3.05, 3.63) is 82.4 Å². The molecule has 2 aliphatic rings. The molecule has 0 saturated carbocycles. The molecule has 2 aliphatic heterocycles. The Bertz CT molecular complexity index is 1960. The molecule has 2 heterocycles. The molecule has 5 rings (SSSR count). The Hall–Kier alpha value is -4.12. The normalized spacial score (nSPS) is 23.9. The Labute approximate surface area is 359 Å². The summed E-state index contributed by atoms with van der Waals surface area (Å²) >= 11 is 0. The van der Waals surface area contributed by atoms with E-state index in [-0.39, 0.29) is 42.5 Å². The van der Waals surface area contributed by atoms with Gasteiger partial charge < -0.3 is 42.3 Å². The Morgan fingerprint density at radius 3 is 1.90 bits per heavy atom. The molecule has 12 heteroatoms. The Morgan fingerprint density at radius 1 is 0.867 bits per heavy atom. The maximum atomic E-state index is 13.9. The van der Waals surface area contributed by atoms with E-state index in [4.69, 9.17) is 42.3 Å². The van der Waals surface area contributed by atoms with E-state index in [1.165, 1.54) is 7.11 Å². The summed E-state index contributed by atoms with van der Waals surface area (Å²) in [5.41, 5.74) is 3.22. The molecular weight excluding hydrogens is 779 g/mol. The lowest BCUT2D eigenvalue weighted by Crippen LogP contribution is -2.58. The van der Waals surface area contributed by atoms with Gasteiger partial charge in [-0.15, -0.1) is 0 Å². The lowest BCUT2D eigenvalue weighted by atomic mass is 9.73. The number of methoxy groups -OCH3 is 3. The molecule has 2 fully saturated rings. The maximum Gasteiger partial charge on any atom is 0.341 e. The second kappa shape index (κ2) is 18.9. The first-order valence-corrected chi connectivity index (χ1v) is 23.9. The van der Waals surface area contributed by atoms with Crippen LogP contribution in [0.25, 0.3) is 0 Å². The molecule has 0 aliphatic carbocycles. The van der Waals surface area contributed by atoms with Crippen molar-refractivity contribution in [2.24, 2.45) is 11.3 Å². The van der Waals surface area contributed by atoms with E-state index >= 15 is 0 Å². The third-order valence-corrected chi connectivity index (χ3v) is 17.3. The van der Waals surface area contributed by atoms with E-state index in [1.807, 2.05) is 69.3 Å². The average Bonchev–Trinajstić information content (AvgIpc) is 3.20. The summed E-state index contributed by atoms with van der Waals surface area (Å²) in [6, 6.07) is 19.4. The van der Waals surface area contributed by atoms with Crippen molar-refractivity contribution in [3.63, 3.8) is 0 Å². The van der Waals surface area contributed by atoms with Crippen LogP contribution in [0.5, 0.6) is 23.0 Å². The zero-order chi connectivity index (χ0) is 44.2. The highest BCUT2D eigenvalue weighted by atomic mass is 28.4. The molecule has 0 bridgehead atoms. The molecule has 0 aromatic heterocycles. The number of nitriles is 1. The molecule has 3 aromatic rings. The van der Waals surface area contributed by atoms with Gasteiger partial charge in [0.2, 0.25) is 0 Å². The number of hydrogen-bond acceptors (Lipinski definition) is 11. The van der Waals surface area contributed by atoms with Gasteiger partial charge in [0.25, 0.3) is 0 Å². The van der Waals surface area contributed by atoms with Gasteiger partial charge in [0, 0.05) is 36.7 Å². The number of hydrogen-bond donors (Lipinski definition) is 0. The largest absolute Gasteiger partial charge is 0.497 e. The number of esters is 1. The van der Waals surface area contributed by atoms with Gasteiger partial charge in [-0.05, 0) is 85.4 Å². The van der Waals surface area contributed by atoms with Crippen LogP contribution < -0.4 is 18.9 Å². The highest BCUT2D eigenvalue weighted by molar-refractivity contribution is 6.74. The fraction of sp³-hybridized carbons (Fsp3) is 0.583. The minimum atomic E-state index is -2.17. The molecular formula is C48H67NO10Si. The summed E-state index contributed by atoms with van der Waals surface area (Å²) in [5.74, 6) is 0.744. The van der Waals surface area contributed by atoms with Gasteiger partial charge in [0.05, 0.1) is 51.8 Å². The lowest BCUT2D eigenvalue weighted by Gasteiger charge is -2.52. The standard InChI is InChI=1S/C48H67NO10Si/c1-30-37(24-39-31(2)40(58-48(8,9)57-39)26-42-47(6,7)43(23-36(27-49)56-42)59-60(13,14)46(3,4)5)44(45(50)53-12)41(55-29-33-17-21-35(52-11)22-18-33)25-38(30)54-28-32-15-19-34(51-10)20-16-32/h15-22,25,31,36,39-40,42-43H,23-24,26,28-29H2,1-14H3/t31-,36-,39+,40-,42+,43+/m0/s1. The van der Waals surface area contributed by atoms with Crippen molar-refractivity contribution in [1.29, 1.82) is 5.26 Å². The number of rotatable bonds is 15. The average molecular weight is 846 g/mol. The van der Waals surface area contributed by atoms with Gasteiger partial charge in [0.15, 0.2) is 14.1 Å². The van der Waals surface area contributed by atoms with Crippen LogP contribution in [0.4, 0.5) is 0 Å². The Balaban J connectivity index is 1.50. The first-order chi connectivity index (χ1) is 28.1. The van der Waals surface area contributed by atoms with E-state index in [0.717, 1.165) is 28.2 Å². The minimum absolute atomic E-state index is 0.00833. The number of ether oxygens (including phenoxy) is 8. The van der Waals surface area contributed by atoms with Gasteiger partial charge in [0.1, 0.15) is 47.9 Å². The summed E-state index contributed by atoms with van der Waals surface area (Å²) in [4.78, 5) is 13.9. The van der Waals surface area contributed by atoms with Crippen molar-refractivity contribution in [1.82, 2.24) is 0 Å². The molecule has 2 saturated heterocycles. The summed E-state index contributed by atoms with van der Waals surface area (Å²) in [5, 5.41) is 10.2. The number of nitrogens with zero attached hydrogens (tertiary/aromatic N) is 1. The second-order valence-electron chi connectivity index (χ2n) is 18.8. The van der Waals surface area contributed by atoms with Crippen LogP contribution in [0, 0.1) is 29.6 Å². The molecule has 328 valence electrons. The van der Waals surface area contributed by atoms with Crippen LogP contribution in [0.15, 0.2) is 54.6 Å². The van der Waals surface area contributed by atoms with E-state index in [1.54, 1.807) is 20.3 Å². The van der Waals surface area contributed by atoms with Crippen LogP contribution in [0.3, 0.4) is 0 Å². The number of carbonyl (C=O) groups excluding carboxylic acids is 1. The lowest BCUT2D eigenvalue weighted by molar-refractivity contribution is -0.325. The fourth-order valence-electron chi connectivity index (χ4n) is 7.82. The molecule has 6 atom stereocenters. The van der Waals surface area contributed by atoms with Crippen molar-refractivity contribution in [3.8, 4) is 29.1 Å². The monoisotopic (exact) mass is 845 g/mol. The molecule has 3 aromatic carbocycles. The highest BCUT2D eigenvalue weighted by Crippen LogP contribution is 2.47. The summed E-state index contributed by atoms with van der Waals surface area (Å²) in [6.07, 6.45) is -0.417. The highest BCUT2D eigenvalue weighted by Gasteiger charge is 2.52. The number of benzene rings is 3. The van der Waals surface area contributed by atoms with E-state index in [9.17, 15) is 10.1 Å². The van der Waals surface area contributed by atoms with Crippen LogP contribution in [0.2, 0.25) is 18.1 Å². The Morgan fingerprint density at radius 2 is 1.40 bits per heavy atom. The van der Waals surface area contributed by atoms with Crippen molar-refractivity contribution in [2.45, 2.75) is 149 Å². The Kier molecular flexibility index (Phi) is 14.8. The minimum Gasteiger partial charge on any atom is -0.497 e. The van der Waals surface area contributed by atoms with Crippen molar-refractivity contribution < 1.29 is 47.1 Å². The first kappa shape index (κ1) is 46.9. The molecule has 11 nitrogen and oxygen atoms in total. The quantitative estimate of drug-likeness (QED) is 0.107. The molecule has 0 amide bonds. The zero-order valence-corrected chi connectivity index (χ0v) is 39.2. The predicted octanol–water partition coefficient (Wildman–Crippen LogP) is 10.1. The number of carbonyl (C=O) groups is 1. The molecule has 0 N–H and O–H groups in total.